The third kappa shape index (κ3) is 3.43. The first-order valence-electron chi connectivity index (χ1n) is 6.65. The molecule has 116 valence electrons. The van der Waals surface area contributed by atoms with E-state index in [0.29, 0.717) is 30.2 Å². The second-order valence-corrected chi connectivity index (χ2v) is 7.74. The van der Waals surface area contributed by atoms with Crippen LogP contribution >= 0.6 is 23.2 Å². The Morgan fingerprint density at radius 1 is 1.33 bits per heavy atom. The van der Waals surface area contributed by atoms with Gasteiger partial charge < -0.3 is 5.32 Å². The van der Waals surface area contributed by atoms with Crippen molar-refractivity contribution in [3.8, 4) is 0 Å². The van der Waals surface area contributed by atoms with Crippen molar-refractivity contribution in [1.82, 2.24) is 9.62 Å². The summed E-state index contributed by atoms with van der Waals surface area (Å²) in [6.07, 6.45) is 2.78. The van der Waals surface area contributed by atoms with Crippen molar-refractivity contribution >= 4 is 33.2 Å². The van der Waals surface area contributed by atoms with Gasteiger partial charge in [-0.05, 0) is 32.5 Å². The van der Waals surface area contributed by atoms with E-state index >= 15 is 0 Å². The third-order valence-corrected chi connectivity index (χ3v) is 6.20. The van der Waals surface area contributed by atoms with Crippen LogP contribution in [0.5, 0.6) is 0 Å². The lowest BCUT2D eigenvalue weighted by atomic mass is 10.2. The van der Waals surface area contributed by atoms with Gasteiger partial charge in [0, 0.05) is 30.2 Å². The van der Waals surface area contributed by atoms with Gasteiger partial charge in [-0.2, -0.15) is 4.31 Å². The topological polar surface area (TPSA) is 49.4 Å². The number of hydrogen-bond donors (Lipinski definition) is 1. The maximum Gasteiger partial charge on any atom is 0.244 e. The summed E-state index contributed by atoms with van der Waals surface area (Å²) in [5.74, 6) is 0. The number of hydrogen-bond acceptors (Lipinski definition) is 3. The molecule has 1 N–H and O–H groups in total. The predicted molar refractivity (Wildman–Crippen MR) is 86.4 cm³/mol. The fourth-order valence-corrected chi connectivity index (χ4v) is 4.72. The van der Waals surface area contributed by atoms with E-state index in [1.807, 2.05) is 6.92 Å². The minimum atomic E-state index is -3.61. The molecule has 1 aromatic rings. The Bertz CT molecular complexity index is 672. The summed E-state index contributed by atoms with van der Waals surface area (Å²) >= 11 is 12.4. The van der Waals surface area contributed by atoms with Crippen LogP contribution in [-0.2, 0) is 16.6 Å². The molecule has 0 unspecified atom stereocenters. The summed E-state index contributed by atoms with van der Waals surface area (Å²) in [6.45, 7) is 3.22. The molecule has 21 heavy (non-hydrogen) atoms. The van der Waals surface area contributed by atoms with Crippen LogP contribution in [0.15, 0.2) is 28.7 Å². The molecule has 0 atom stereocenters. The quantitative estimate of drug-likeness (QED) is 0.850. The molecule has 0 saturated heterocycles. The molecule has 0 bridgehead atoms. The fourth-order valence-electron chi connectivity index (χ4n) is 2.34. The van der Waals surface area contributed by atoms with Crippen LogP contribution in [0.25, 0.3) is 0 Å². The van der Waals surface area contributed by atoms with Gasteiger partial charge in [-0.1, -0.05) is 34.9 Å². The van der Waals surface area contributed by atoms with E-state index < -0.39 is 10.0 Å². The Hall–Kier alpha value is -0.590. The van der Waals surface area contributed by atoms with Crippen LogP contribution < -0.4 is 5.32 Å². The number of benzene rings is 1. The smallest absolute Gasteiger partial charge is 0.244 e. The van der Waals surface area contributed by atoms with E-state index in [1.54, 1.807) is 13.1 Å². The summed E-state index contributed by atoms with van der Waals surface area (Å²) in [5.41, 5.74) is 1.65. The molecule has 2 rings (SSSR count). The zero-order valence-electron chi connectivity index (χ0n) is 12.0. The molecule has 1 aliphatic heterocycles. The van der Waals surface area contributed by atoms with E-state index in [2.05, 4.69) is 11.4 Å². The highest BCUT2D eigenvalue weighted by Crippen LogP contribution is 2.33. The first kappa shape index (κ1) is 16.8. The standard InChI is InChI=1S/C14H18Cl2N2O2S/c1-10-4-3-7-18(9-10)21(19,20)13-6-5-12(15)11(8-17-2)14(13)16/h4-6,17H,3,7-9H2,1-2H3. The number of halogens is 2. The fraction of sp³-hybridized carbons (Fsp3) is 0.429. The van der Waals surface area contributed by atoms with E-state index in [0.717, 1.165) is 12.0 Å². The largest absolute Gasteiger partial charge is 0.316 e. The van der Waals surface area contributed by atoms with Crippen molar-refractivity contribution in [3.63, 3.8) is 0 Å². The van der Waals surface area contributed by atoms with Crippen LogP contribution in [-0.4, -0.2) is 32.9 Å². The zero-order chi connectivity index (χ0) is 15.6. The molecule has 0 amide bonds. The van der Waals surface area contributed by atoms with Crippen molar-refractivity contribution in [2.24, 2.45) is 0 Å². The maximum atomic E-state index is 12.8. The molecule has 0 fully saturated rings. The summed E-state index contributed by atoms with van der Waals surface area (Å²) in [5, 5.41) is 3.60. The number of sulfonamides is 1. The molecule has 0 radical (unpaired) electrons. The molecule has 0 aliphatic carbocycles. The Kier molecular flexibility index (Phi) is 5.33. The van der Waals surface area contributed by atoms with Crippen LogP contribution in [0.1, 0.15) is 18.9 Å². The first-order chi connectivity index (χ1) is 9.87. The van der Waals surface area contributed by atoms with Crippen LogP contribution in [0.4, 0.5) is 0 Å². The van der Waals surface area contributed by atoms with Gasteiger partial charge in [-0.15, -0.1) is 0 Å². The molecule has 0 saturated carbocycles. The maximum absolute atomic E-state index is 12.8. The van der Waals surface area contributed by atoms with Gasteiger partial charge in [0.15, 0.2) is 0 Å². The summed E-state index contributed by atoms with van der Waals surface area (Å²) in [4.78, 5) is 0.119. The minimum absolute atomic E-state index is 0.119. The van der Waals surface area contributed by atoms with Crippen molar-refractivity contribution in [3.05, 3.63) is 39.4 Å². The van der Waals surface area contributed by atoms with Gasteiger partial charge in [-0.25, -0.2) is 8.42 Å². The summed E-state index contributed by atoms with van der Waals surface area (Å²) < 4.78 is 27.0. The first-order valence-corrected chi connectivity index (χ1v) is 8.84. The molecule has 1 aromatic carbocycles. The van der Waals surface area contributed by atoms with Gasteiger partial charge in [0.1, 0.15) is 4.90 Å². The monoisotopic (exact) mass is 348 g/mol. The third-order valence-electron chi connectivity index (χ3n) is 3.42. The minimum Gasteiger partial charge on any atom is -0.316 e. The van der Waals surface area contributed by atoms with Gasteiger partial charge in [0.25, 0.3) is 0 Å². The van der Waals surface area contributed by atoms with Gasteiger partial charge >= 0.3 is 0 Å². The van der Waals surface area contributed by atoms with E-state index in [9.17, 15) is 8.42 Å². The van der Waals surface area contributed by atoms with Crippen molar-refractivity contribution < 1.29 is 8.42 Å². The van der Waals surface area contributed by atoms with E-state index in [-0.39, 0.29) is 9.92 Å². The highest BCUT2D eigenvalue weighted by molar-refractivity contribution is 7.89. The van der Waals surface area contributed by atoms with E-state index in [4.69, 9.17) is 23.2 Å². The van der Waals surface area contributed by atoms with Crippen molar-refractivity contribution in [2.75, 3.05) is 20.1 Å². The lowest BCUT2D eigenvalue weighted by molar-refractivity contribution is 0.428. The summed E-state index contributed by atoms with van der Waals surface area (Å²) in [7, 11) is -1.85. The predicted octanol–water partition coefficient (Wildman–Crippen LogP) is 3.05. The molecule has 1 heterocycles. The second kappa shape index (κ2) is 6.67. The lowest BCUT2D eigenvalue weighted by Crippen LogP contribution is -2.35. The van der Waals surface area contributed by atoms with Crippen molar-refractivity contribution in [1.29, 1.82) is 0 Å². The lowest BCUT2D eigenvalue weighted by Gasteiger charge is -2.26. The SMILES string of the molecule is CNCc1c(Cl)ccc(S(=O)(=O)N2CCC=C(C)C2)c1Cl. The molecule has 0 aromatic heterocycles. The molecular formula is C14H18Cl2N2O2S. The molecule has 7 heteroatoms. The number of nitrogens with zero attached hydrogens (tertiary/aromatic N) is 1. The van der Waals surface area contributed by atoms with Crippen LogP contribution in [0.3, 0.4) is 0 Å². The molecule has 0 spiro atoms. The summed E-state index contributed by atoms with van der Waals surface area (Å²) in [6, 6.07) is 3.06. The van der Waals surface area contributed by atoms with Crippen LogP contribution in [0.2, 0.25) is 10.0 Å². The zero-order valence-corrected chi connectivity index (χ0v) is 14.3. The van der Waals surface area contributed by atoms with Crippen LogP contribution in [0, 0.1) is 0 Å². The molecule has 1 aliphatic rings. The Morgan fingerprint density at radius 2 is 2.05 bits per heavy atom. The average Bonchev–Trinajstić information content (AvgIpc) is 2.43. The van der Waals surface area contributed by atoms with Gasteiger partial charge in [0.2, 0.25) is 10.0 Å². The highest BCUT2D eigenvalue weighted by Gasteiger charge is 2.29. The average molecular weight is 349 g/mol. The Balaban J connectivity index is 2.46. The second-order valence-electron chi connectivity index (χ2n) is 5.05. The Morgan fingerprint density at radius 3 is 2.67 bits per heavy atom. The van der Waals surface area contributed by atoms with Gasteiger partial charge in [0.05, 0.1) is 5.02 Å². The van der Waals surface area contributed by atoms with E-state index in [1.165, 1.54) is 10.4 Å². The van der Waals surface area contributed by atoms with Gasteiger partial charge in [-0.3, -0.25) is 0 Å². The molecular weight excluding hydrogens is 331 g/mol. The molecule has 4 nitrogen and oxygen atoms in total. The number of rotatable bonds is 4. The number of nitrogens with one attached hydrogen (secondary N) is 1. The van der Waals surface area contributed by atoms with Crippen molar-refractivity contribution in [2.45, 2.75) is 24.8 Å². The highest BCUT2D eigenvalue weighted by atomic mass is 35.5. The normalized spacial score (nSPS) is 16.9. The Labute approximate surface area is 135 Å².